The molecule has 0 spiro atoms. The van der Waals surface area contributed by atoms with Crippen molar-refractivity contribution in [3.63, 3.8) is 0 Å². The van der Waals surface area contributed by atoms with Gasteiger partial charge in [-0.3, -0.25) is 0 Å². The molecule has 22 heavy (non-hydrogen) atoms. The van der Waals surface area contributed by atoms with Crippen LogP contribution < -0.4 is 5.32 Å². The Bertz CT molecular complexity index is 641. The van der Waals surface area contributed by atoms with Crippen molar-refractivity contribution in [3.05, 3.63) is 64.1 Å². The summed E-state index contributed by atoms with van der Waals surface area (Å²) in [5, 5.41) is 2.97. The Labute approximate surface area is 140 Å². The highest BCUT2D eigenvalue weighted by atomic mass is 79.9. The summed E-state index contributed by atoms with van der Waals surface area (Å²) in [6, 6.07) is 15.9. The fraction of sp³-hybridized carbons (Fsp3) is 0.278. The molecule has 0 fully saturated rings. The predicted molar refractivity (Wildman–Crippen MR) is 95.0 cm³/mol. The van der Waals surface area contributed by atoms with Gasteiger partial charge in [-0.25, -0.2) is 4.79 Å². The van der Waals surface area contributed by atoms with Crippen LogP contribution in [0.15, 0.2) is 53.0 Å². The highest BCUT2D eigenvalue weighted by Crippen LogP contribution is 2.21. The zero-order chi connectivity index (χ0) is 16.1. The summed E-state index contributed by atoms with van der Waals surface area (Å²) in [5.41, 5.74) is 3.06. The molecule has 0 saturated carbocycles. The minimum atomic E-state index is -0.0883. The van der Waals surface area contributed by atoms with E-state index in [4.69, 9.17) is 0 Å². The highest BCUT2D eigenvalue weighted by Gasteiger charge is 2.17. The Morgan fingerprint density at radius 2 is 1.86 bits per heavy atom. The first kappa shape index (κ1) is 16.6. The van der Waals surface area contributed by atoms with E-state index in [1.807, 2.05) is 74.2 Å². The lowest BCUT2D eigenvalue weighted by atomic mass is 10.2. The third-order valence-electron chi connectivity index (χ3n) is 3.50. The maximum atomic E-state index is 12.6. The van der Waals surface area contributed by atoms with Crippen molar-refractivity contribution in [2.45, 2.75) is 33.4 Å². The second kappa shape index (κ2) is 7.45. The number of carbonyl (C=O) groups is 1. The van der Waals surface area contributed by atoms with E-state index in [-0.39, 0.29) is 12.1 Å². The number of carbonyl (C=O) groups excluding carboxylic acids is 1. The normalized spacial score (nSPS) is 10.6. The number of benzene rings is 2. The highest BCUT2D eigenvalue weighted by molar-refractivity contribution is 9.10. The number of amides is 2. The third-order valence-corrected chi connectivity index (χ3v) is 4.36. The zero-order valence-electron chi connectivity index (χ0n) is 13.1. The van der Waals surface area contributed by atoms with E-state index in [0.29, 0.717) is 6.54 Å². The fourth-order valence-electron chi connectivity index (χ4n) is 2.13. The molecule has 0 aliphatic heterocycles. The number of hydrogen-bond acceptors (Lipinski definition) is 1. The molecule has 0 radical (unpaired) electrons. The monoisotopic (exact) mass is 360 g/mol. The van der Waals surface area contributed by atoms with Crippen molar-refractivity contribution in [1.82, 2.24) is 4.90 Å². The van der Waals surface area contributed by atoms with Crippen molar-refractivity contribution >= 4 is 27.6 Å². The largest absolute Gasteiger partial charge is 0.322 e. The lowest BCUT2D eigenvalue weighted by Gasteiger charge is -2.27. The summed E-state index contributed by atoms with van der Waals surface area (Å²) >= 11 is 3.49. The lowest BCUT2D eigenvalue weighted by Crippen LogP contribution is -2.39. The Kier molecular flexibility index (Phi) is 5.61. The van der Waals surface area contributed by atoms with Gasteiger partial charge in [0.25, 0.3) is 0 Å². The van der Waals surface area contributed by atoms with Gasteiger partial charge in [0.1, 0.15) is 0 Å². The van der Waals surface area contributed by atoms with Gasteiger partial charge in [0.2, 0.25) is 0 Å². The molecule has 0 aliphatic carbocycles. The van der Waals surface area contributed by atoms with E-state index in [1.165, 1.54) is 0 Å². The molecule has 3 nitrogen and oxygen atoms in total. The Morgan fingerprint density at radius 1 is 1.18 bits per heavy atom. The Morgan fingerprint density at radius 3 is 2.45 bits per heavy atom. The molecule has 0 atom stereocenters. The summed E-state index contributed by atoms with van der Waals surface area (Å²) in [5.74, 6) is 0. The van der Waals surface area contributed by atoms with Crippen molar-refractivity contribution < 1.29 is 4.79 Å². The molecule has 2 aromatic rings. The smallest absolute Gasteiger partial charge is 0.318 e. The van der Waals surface area contributed by atoms with E-state index in [1.54, 1.807) is 0 Å². The zero-order valence-corrected chi connectivity index (χ0v) is 14.7. The summed E-state index contributed by atoms with van der Waals surface area (Å²) in [6.45, 7) is 6.66. The first-order valence-electron chi connectivity index (χ1n) is 7.35. The second-order valence-electron chi connectivity index (χ2n) is 5.60. The Balaban J connectivity index is 2.11. The summed E-state index contributed by atoms with van der Waals surface area (Å²) in [6.07, 6.45) is 0. The van der Waals surface area contributed by atoms with Gasteiger partial charge in [-0.1, -0.05) is 52.3 Å². The molecular formula is C18H21BrN2O. The first-order chi connectivity index (χ1) is 10.5. The number of halogens is 1. The third kappa shape index (κ3) is 4.34. The summed E-state index contributed by atoms with van der Waals surface area (Å²) in [4.78, 5) is 14.4. The summed E-state index contributed by atoms with van der Waals surface area (Å²) in [7, 11) is 0. The van der Waals surface area contributed by atoms with Crippen LogP contribution in [0.1, 0.15) is 25.0 Å². The van der Waals surface area contributed by atoms with Crippen molar-refractivity contribution in [3.8, 4) is 0 Å². The van der Waals surface area contributed by atoms with E-state index >= 15 is 0 Å². The topological polar surface area (TPSA) is 32.3 Å². The van der Waals surface area contributed by atoms with Crippen LogP contribution >= 0.6 is 15.9 Å². The van der Waals surface area contributed by atoms with Crippen LogP contribution in [0.5, 0.6) is 0 Å². The van der Waals surface area contributed by atoms with E-state index in [0.717, 1.165) is 21.3 Å². The fourth-order valence-corrected chi connectivity index (χ4v) is 2.51. The van der Waals surface area contributed by atoms with Crippen LogP contribution in [-0.4, -0.2) is 17.0 Å². The van der Waals surface area contributed by atoms with Gasteiger partial charge in [-0.2, -0.15) is 0 Å². The van der Waals surface area contributed by atoms with Crippen LogP contribution in [0.3, 0.4) is 0 Å². The van der Waals surface area contributed by atoms with Crippen molar-refractivity contribution in [2.75, 3.05) is 5.32 Å². The van der Waals surface area contributed by atoms with Gasteiger partial charge in [-0.05, 0) is 44.0 Å². The molecular weight excluding hydrogens is 340 g/mol. The summed E-state index contributed by atoms with van der Waals surface area (Å²) < 4.78 is 0.990. The molecule has 2 aromatic carbocycles. The van der Waals surface area contributed by atoms with Gasteiger partial charge in [0.05, 0.1) is 0 Å². The molecule has 116 valence electrons. The Hall–Kier alpha value is -1.81. The van der Waals surface area contributed by atoms with Crippen LogP contribution in [0.25, 0.3) is 0 Å². The standard InChI is InChI=1S/C18H21BrN2O/c1-13(2)21(12-15-7-5-4-6-8-15)18(22)20-16-10-9-14(3)17(19)11-16/h4-11,13H,12H2,1-3H3,(H,20,22). The molecule has 0 unspecified atom stereocenters. The van der Waals surface area contributed by atoms with Crippen LogP contribution in [0.2, 0.25) is 0 Å². The molecule has 0 saturated heterocycles. The average molecular weight is 361 g/mol. The van der Waals surface area contributed by atoms with Gasteiger partial charge in [0.15, 0.2) is 0 Å². The average Bonchev–Trinajstić information content (AvgIpc) is 2.49. The second-order valence-corrected chi connectivity index (χ2v) is 6.46. The number of rotatable bonds is 4. The molecule has 0 aromatic heterocycles. The maximum absolute atomic E-state index is 12.6. The van der Waals surface area contributed by atoms with Gasteiger partial charge in [-0.15, -0.1) is 0 Å². The van der Waals surface area contributed by atoms with E-state index in [2.05, 4.69) is 21.2 Å². The predicted octanol–water partition coefficient (Wildman–Crippen LogP) is 5.20. The van der Waals surface area contributed by atoms with Crippen molar-refractivity contribution in [1.29, 1.82) is 0 Å². The molecule has 4 heteroatoms. The maximum Gasteiger partial charge on any atom is 0.322 e. The van der Waals surface area contributed by atoms with Crippen molar-refractivity contribution in [2.24, 2.45) is 0 Å². The number of nitrogens with one attached hydrogen (secondary N) is 1. The van der Waals surface area contributed by atoms with Crippen LogP contribution in [0.4, 0.5) is 10.5 Å². The molecule has 0 bridgehead atoms. The van der Waals surface area contributed by atoms with Crippen LogP contribution in [0, 0.1) is 6.92 Å². The molecule has 0 heterocycles. The van der Waals surface area contributed by atoms with Gasteiger partial charge in [0, 0.05) is 22.7 Å². The SMILES string of the molecule is Cc1ccc(NC(=O)N(Cc2ccccc2)C(C)C)cc1Br. The molecule has 2 amide bonds. The molecule has 1 N–H and O–H groups in total. The van der Waals surface area contributed by atoms with Crippen LogP contribution in [-0.2, 0) is 6.54 Å². The number of hydrogen-bond donors (Lipinski definition) is 1. The minimum absolute atomic E-state index is 0.0883. The number of anilines is 1. The number of urea groups is 1. The molecule has 2 rings (SSSR count). The number of aryl methyl sites for hydroxylation is 1. The quantitative estimate of drug-likeness (QED) is 0.798. The minimum Gasteiger partial charge on any atom is -0.318 e. The first-order valence-corrected chi connectivity index (χ1v) is 8.14. The van der Waals surface area contributed by atoms with Gasteiger partial charge >= 0.3 is 6.03 Å². The van der Waals surface area contributed by atoms with E-state index < -0.39 is 0 Å². The van der Waals surface area contributed by atoms with E-state index in [9.17, 15) is 4.79 Å². The molecule has 0 aliphatic rings. The lowest BCUT2D eigenvalue weighted by molar-refractivity contribution is 0.193. The number of nitrogens with zero attached hydrogens (tertiary/aromatic N) is 1. The van der Waals surface area contributed by atoms with Gasteiger partial charge < -0.3 is 10.2 Å².